The molecule has 0 saturated carbocycles. The molecule has 0 aliphatic rings. The van der Waals surface area contributed by atoms with E-state index in [-0.39, 0.29) is 0 Å². The van der Waals surface area contributed by atoms with Gasteiger partial charge in [-0.3, -0.25) is 15.8 Å². The van der Waals surface area contributed by atoms with Gasteiger partial charge < -0.3 is 23.3 Å². The molecule has 2 aromatic heterocycles. The van der Waals surface area contributed by atoms with Gasteiger partial charge in [0.1, 0.15) is 0 Å². The monoisotopic (exact) mass is 441 g/mol. The van der Waals surface area contributed by atoms with Gasteiger partial charge in [-0.05, 0) is 63.5 Å². The van der Waals surface area contributed by atoms with Crippen molar-refractivity contribution in [3.63, 3.8) is 0 Å². The van der Waals surface area contributed by atoms with E-state index >= 15 is 0 Å². The fourth-order valence-corrected chi connectivity index (χ4v) is 2.98. The van der Waals surface area contributed by atoms with E-state index in [9.17, 15) is 4.21 Å². The lowest BCUT2D eigenvalue weighted by atomic mass is 10.2. The third kappa shape index (κ3) is 7.48. The predicted molar refractivity (Wildman–Crippen MR) is 123 cm³/mol. The molecule has 0 aliphatic heterocycles. The van der Waals surface area contributed by atoms with Crippen molar-refractivity contribution < 1.29 is 8.76 Å². The highest BCUT2D eigenvalue weighted by Gasteiger charge is 2.07. The summed E-state index contributed by atoms with van der Waals surface area (Å²) < 4.78 is 23.2. The van der Waals surface area contributed by atoms with Gasteiger partial charge in [-0.15, -0.1) is 0 Å². The van der Waals surface area contributed by atoms with Crippen molar-refractivity contribution in [3.8, 4) is 11.3 Å². The second-order valence-corrected chi connectivity index (χ2v) is 7.55. The lowest BCUT2D eigenvalue weighted by Crippen LogP contribution is -2.17. The molecule has 0 bridgehead atoms. The van der Waals surface area contributed by atoms with E-state index in [2.05, 4.69) is 40.4 Å². The quantitative estimate of drug-likeness (QED) is 0.161. The van der Waals surface area contributed by atoms with Crippen molar-refractivity contribution >= 4 is 34.0 Å². The third-order valence-corrected chi connectivity index (χ3v) is 4.50. The van der Waals surface area contributed by atoms with E-state index in [0.29, 0.717) is 17.5 Å². The van der Waals surface area contributed by atoms with Gasteiger partial charge in [0, 0.05) is 36.3 Å². The van der Waals surface area contributed by atoms with Gasteiger partial charge >= 0.3 is 0 Å². The van der Waals surface area contributed by atoms with Gasteiger partial charge in [-0.1, -0.05) is 10.9 Å². The Bertz CT molecular complexity index is 1050. The summed E-state index contributed by atoms with van der Waals surface area (Å²) in [5, 5.41) is 3.27. The molecule has 0 spiro atoms. The third-order valence-electron chi connectivity index (χ3n) is 4.13. The zero-order valence-electron chi connectivity index (χ0n) is 17.3. The van der Waals surface area contributed by atoms with E-state index in [1.54, 1.807) is 36.7 Å². The normalized spacial score (nSPS) is 12.0. The summed E-state index contributed by atoms with van der Waals surface area (Å²) in [4.78, 5) is 15.4. The lowest BCUT2D eigenvalue weighted by molar-refractivity contribution is 0.405. The zero-order valence-corrected chi connectivity index (χ0v) is 18.1. The maximum absolute atomic E-state index is 10.8. The van der Waals surface area contributed by atoms with Crippen molar-refractivity contribution in [1.82, 2.24) is 19.9 Å². The Kier molecular flexibility index (Phi) is 8.10. The Hall–Kier alpha value is -3.28. The highest BCUT2D eigenvalue weighted by molar-refractivity contribution is 7.68. The minimum absolute atomic E-state index is 0.413. The molecule has 2 heterocycles. The summed E-state index contributed by atoms with van der Waals surface area (Å²) in [6.45, 7) is 1.72. The summed E-state index contributed by atoms with van der Waals surface area (Å²) in [5.41, 5.74) is 8.90. The Morgan fingerprint density at radius 3 is 2.61 bits per heavy atom. The topological polar surface area (TPSA) is 128 Å². The fourth-order valence-electron chi connectivity index (χ4n) is 2.68. The molecular weight excluding hydrogens is 416 g/mol. The average Bonchev–Trinajstić information content (AvgIpc) is 2.76. The molecule has 0 atom stereocenters. The highest BCUT2D eigenvalue weighted by atomic mass is 32.2. The standard InChI is InChI=1S/C20H25N8O2S/c1-28(2)12-4-11-22-20-23-18(15-5-3-10-21-14-15)13-19(24-20)26-25-16-6-8-17(9-7-16)27-31(29)30/h3,5-10,13-14,25H,4,11-12H2,1-2H3,(H,27,29,30)(H2,22,23,24,26)/q-1. The first kappa shape index (κ1) is 22.4. The SMILES string of the molecule is CN(C)CCCNc1nc(NNc2ccc(N=[S-](=O)O)cc2)cc(-c2cccnc2)n1. The molecule has 3 aromatic rings. The Morgan fingerprint density at radius 1 is 1.13 bits per heavy atom. The lowest BCUT2D eigenvalue weighted by Gasteiger charge is -2.14. The van der Waals surface area contributed by atoms with Gasteiger partial charge in [0.15, 0.2) is 5.82 Å². The van der Waals surface area contributed by atoms with Crippen molar-refractivity contribution in [2.45, 2.75) is 6.42 Å². The number of pyridine rings is 1. The van der Waals surface area contributed by atoms with Crippen LogP contribution in [0, 0.1) is 0 Å². The smallest absolute Gasteiger partial charge is 0.225 e. The predicted octanol–water partition coefficient (Wildman–Crippen LogP) is 3.59. The summed E-state index contributed by atoms with van der Waals surface area (Å²) in [6, 6.07) is 12.4. The summed E-state index contributed by atoms with van der Waals surface area (Å²) >= 11 is 0. The average molecular weight is 442 g/mol. The molecular formula is C20H25N8O2S-. The van der Waals surface area contributed by atoms with Crippen molar-refractivity contribution in [3.05, 3.63) is 54.9 Å². The molecule has 3 rings (SSSR count). The van der Waals surface area contributed by atoms with Crippen molar-refractivity contribution in [2.75, 3.05) is 43.4 Å². The fraction of sp³-hybridized carbons (Fsp3) is 0.250. The number of hydrogen-bond acceptors (Lipinski definition) is 10. The number of anilines is 3. The number of aromatic nitrogens is 3. The molecule has 0 amide bonds. The molecule has 0 unspecified atom stereocenters. The van der Waals surface area contributed by atoms with E-state index in [1.807, 2.05) is 32.3 Å². The largest absolute Gasteiger partial charge is 0.454 e. The van der Waals surface area contributed by atoms with Gasteiger partial charge in [-0.25, -0.2) is 4.98 Å². The van der Waals surface area contributed by atoms with Crippen LogP contribution in [0.3, 0.4) is 0 Å². The van der Waals surface area contributed by atoms with Gasteiger partial charge in [0.2, 0.25) is 5.95 Å². The Morgan fingerprint density at radius 2 is 1.94 bits per heavy atom. The van der Waals surface area contributed by atoms with Crippen molar-refractivity contribution in [1.29, 1.82) is 0 Å². The van der Waals surface area contributed by atoms with E-state index in [4.69, 9.17) is 4.55 Å². The molecule has 0 saturated heterocycles. The van der Waals surface area contributed by atoms with E-state index < -0.39 is 10.9 Å². The number of hydrogen-bond donors (Lipinski definition) is 4. The molecule has 0 aliphatic carbocycles. The number of nitrogens with one attached hydrogen (secondary N) is 3. The van der Waals surface area contributed by atoms with Crippen LogP contribution in [0.4, 0.5) is 23.1 Å². The molecule has 10 nitrogen and oxygen atoms in total. The number of benzene rings is 1. The van der Waals surface area contributed by atoms with Crippen LogP contribution in [-0.4, -0.2) is 51.6 Å². The Labute approximate surface area is 183 Å². The molecule has 4 N–H and O–H groups in total. The number of hydrazine groups is 1. The molecule has 0 fully saturated rings. The summed E-state index contributed by atoms with van der Waals surface area (Å²) in [5.74, 6) is 1.10. The maximum Gasteiger partial charge on any atom is 0.225 e. The van der Waals surface area contributed by atoms with Crippen molar-refractivity contribution in [2.24, 2.45) is 4.36 Å². The van der Waals surface area contributed by atoms with Crippen LogP contribution >= 0.6 is 0 Å². The molecule has 164 valence electrons. The van der Waals surface area contributed by atoms with Crippen LogP contribution in [-0.2, 0) is 15.1 Å². The van der Waals surface area contributed by atoms with Gasteiger partial charge in [0.25, 0.3) is 0 Å². The van der Waals surface area contributed by atoms with Gasteiger partial charge in [0.05, 0.1) is 11.4 Å². The second kappa shape index (κ2) is 11.2. The van der Waals surface area contributed by atoms with E-state index in [1.165, 1.54) is 0 Å². The van der Waals surface area contributed by atoms with Gasteiger partial charge in [-0.2, -0.15) is 4.98 Å². The minimum Gasteiger partial charge on any atom is -0.454 e. The molecule has 31 heavy (non-hydrogen) atoms. The molecule has 1 aromatic carbocycles. The number of nitrogens with zero attached hydrogens (tertiary/aromatic N) is 5. The number of rotatable bonds is 10. The van der Waals surface area contributed by atoms with Crippen LogP contribution in [0.5, 0.6) is 0 Å². The maximum atomic E-state index is 10.8. The molecule has 0 radical (unpaired) electrons. The second-order valence-electron chi connectivity index (χ2n) is 6.91. The Balaban J connectivity index is 1.74. The molecule has 11 heteroatoms. The van der Waals surface area contributed by atoms with Crippen LogP contribution in [0.2, 0.25) is 0 Å². The summed E-state index contributed by atoms with van der Waals surface area (Å²) in [7, 11) is 1.85. The zero-order chi connectivity index (χ0) is 22.1. The van der Waals surface area contributed by atoms with Crippen LogP contribution in [0.15, 0.2) is 59.2 Å². The first-order valence-corrected chi connectivity index (χ1v) is 10.7. The van der Waals surface area contributed by atoms with Crippen LogP contribution < -0.4 is 16.2 Å². The van der Waals surface area contributed by atoms with Crippen LogP contribution in [0.25, 0.3) is 11.3 Å². The summed E-state index contributed by atoms with van der Waals surface area (Å²) in [6.07, 6.45) is 4.43. The minimum atomic E-state index is -2.23. The van der Waals surface area contributed by atoms with E-state index in [0.717, 1.165) is 36.5 Å². The first-order valence-electron chi connectivity index (χ1n) is 9.62. The van der Waals surface area contributed by atoms with Crippen LogP contribution in [0.1, 0.15) is 6.42 Å². The first-order chi connectivity index (χ1) is 15.0. The highest BCUT2D eigenvalue weighted by Crippen LogP contribution is 2.21.